The van der Waals surface area contributed by atoms with Crippen LogP contribution in [-0.4, -0.2) is 5.84 Å². The van der Waals surface area contributed by atoms with Gasteiger partial charge in [-0.1, -0.05) is 20.8 Å². The van der Waals surface area contributed by atoms with Crippen LogP contribution in [0.3, 0.4) is 0 Å². The molecule has 0 aliphatic rings. The number of hydrogen-bond acceptors (Lipinski definition) is 1. The highest BCUT2D eigenvalue weighted by Gasteiger charge is 2.15. The lowest BCUT2D eigenvalue weighted by Crippen LogP contribution is -2.28. The molecule has 0 fully saturated rings. The largest absolute Gasteiger partial charge is 0.387 e. The van der Waals surface area contributed by atoms with Crippen molar-refractivity contribution < 1.29 is 4.39 Å². The van der Waals surface area contributed by atoms with Crippen LogP contribution in [0.25, 0.3) is 0 Å². The predicted molar refractivity (Wildman–Crippen MR) is 57.1 cm³/mol. The van der Waals surface area contributed by atoms with Gasteiger partial charge in [0.2, 0.25) is 0 Å². The van der Waals surface area contributed by atoms with Gasteiger partial charge in [-0.25, -0.2) is 9.38 Å². The molecule has 2 nitrogen and oxygen atoms in total. The first kappa shape index (κ1) is 10.7. The van der Waals surface area contributed by atoms with Gasteiger partial charge in [-0.3, -0.25) is 0 Å². The Balaban J connectivity index is 2.93. The van der Waals surface area contributed by atoms with Crippen molar-refractivity contribution in [1.82, 2.24) is 0 Å². The van der Waals surface area contributed by atoms with Gasteiger partial charge >= 0.3 is 0 Å². The molecule has 1 aromatic rings. The van der Waals surface area contributed by atoms with Crippen LogP contribution in [0.1, 0.15) is 20.8 Å². The van der Waals surface area contributed by atoms with Crippen LogP contribution in [0.15, 0.2) is 29.3 Å². The Bertz CT molecular complexity index is 333. The number of aliphatic imine (C=N–C) groups is 1. The van der Waals surface area contributed by atoms with Crippen LogP contribution in [-0.2, 0) is 0 Å². The van der Waals surface area contributed by atoms with E-state index in [0.717, 1.165) is 0 Å². The average molecular weight is 194 g/mol. The number of nitrogens with zero attached hydrogens (tertiary/aromatic N) is 1. The van der Waals surface area contributed by atoms with Gasteiger partial charge in [0.15, 0.2) is 0 Å². The van der Waals surface area contributed by atoms with E-state index in [1.54, 1.807) is 12.1 Å². The monoisotopic (exact) mass is 194 g/mol. The number of amidine groups is 1. The van der Waals surface area contributed by atoms with Crippen molar-refractivity contribution in [3.63, 3.8) is 0 Å². The second-order valence-electron chi connectivity index (χ2n) is 4.22. The smallest absolute Gasteiger partial charge is 0.123 e. The zero-order valence-electron chi connectivity index (χ0n) is 8.71. The molecule has 0 saturated carbocycles. The summed E-state index contributed by atoms with van der Waals surface area (Å²) in [6, 6.07) is 5.95. The predicted octanol–water partition coefficient (Wildman–Crippen LogP) is 2.86. The molecule has 0 saturated heterocycles. The maximum absolute atomic E-state index is 12.6. The van der Waals surface area contributed by atoms with Gasteiger partial charge in [0.05, 0.1) is 5.69 Å². The zero-order valence-corrected chi connectivity index (χ0v) is 8.71. The summed E-state index contributed by atoms with van der Waals surface area (Å²) in [6.45, 7) is 5.94. The number of nitrogens with two attached hydrogens (primary N) is 1. The Morgan fingerprint density at radius 3 is 2.14 bits per heavy atom. The van der Waals surface area contributed by atoms with Crippen molar-refractivity contribution in [3.8, 4) is 0 Å². The zero-order chi connectivity index (χ0) is 10.8. The number of rotatable bonds is 1. The summed E-state index contributed by atoms with van der Waals surface area (Å²) in [7, 11) is 0. The molecule has 0 bridgehead atoms. The lowest BCUT2D eigenvalue weighted by molar-refractivity contribution is 0.585. The van der Waals surface area contributed by atoms with E-state index in [0.29, 0.717) is 11.5 Å². The molecule has 0 amide bonds. The fraction of sp³-hybridized carbons (Fsp3) is 0.364. The summed E-state index contributed by atoms with van der Waals surface area (Å²) in [4.78, 5) is 4.20. The van der Waals surface area contributed by atoms with Crippen LogP contribution in [0.4, 0.5) is 10.1 Å². The van der Waals surface area contributed by atoms with E-state index in [-0.39, 0.29) is 11.2 Å². The lowest BCUT2D eigenvalue weighted by atomic mass is 9.95. The van der Waals surface area contributed by atoms with Crippen LogP contribution in [0, 0.1) is 11.2 Å². The van der Waals surface area contributed by atoms with Gasteiger partial charge in [0, 0.05) is 5.41 Å². The minimum absolute atomic E-state index is 0.158. The molecule has 0 radical (unpaired) electrons. The van der Waals surface area contributed by atoms with E-state index in [9.17, 15) is 4.39 Å². The second kappa shape index (κ2) is 3.78. The quantitative estimate of drug-likeness (QED) is 0.541. The summed E-state index contributed by atoms with van der Waals surface area (Å²) < 4.78 is 12.6. The second-order valence-corrected chi connectivity index (χ2v) is 4.22. The molecule has 14 heavy (non-hydrogen) atoms. The Morgan fingerprint density at radius 1 is 1.21 bits per heavy atom. The molecule has 3 heteroatoms. The van der Waals surface area contributed by atoms with Crippen molar-refractivity contribution in [2.45, 2.75) is 20.8 Å². The van der Waals surface area contributed by atoms with Gasteiger partial charge in [-0.2, -0.15) is 0 Å². The number of hydrogen-bond donors (Lipinski definition) is 1. The van der Waals surface area contributed by atoms with Crippen molar-refractivity contribution >= 4 is 11.5 Å². The maximum Gasteiger partial charge on any atom is 0.123 e. The number of halogens is 1. The first-order chi connectivity index (χ1) is 6.39. The summed E-state index contributed by atoms with van der Waals surface area (Å²) in [5.74, 6) is 0.280. The SMILES string of the molecule is CC(C)(C)C(N)=Nc1ccc(F)cc1. The molecule has 2 N–H and O–H groups in total. The molecule has 0 unspecified atom stereocenters. The summed E-state index contributed by atoms with van der Waals surface area (Å²) in [5.41, 5.74) is 6.30. The Kier molecular flexibility index (Phi) is 2.89. The van der Waals surface area contributed by atoms with Gasteiger partial charge < -0.3 is 5.73 Å². The maximum atomic E-state index is 12.6. The molecular weight excluding hydrogens is 179 g/mol. The lowest BCUT2D eigenvalue weighted by Gasteiger charge is -2.17. The highest BCUT2D eigenvalue weighted by atomic mass is 19.1. The molecule has 0 aliphatic carbocycles. The molecule has 0 aromatic heterocycles. The third kappa shape index (κ3) is 2.83. The van der Waals surface area contributed by atoms with E-state index in [4.69, 9.17) is 5.73 Å². The normalized spacial score (nSPS) is 13.0. The molecular formula is C11H15FN2. The van der Waals surface area contributed by atoms with E-state index in [2.05, 4.69) is 4.99 Å². The Hall–Kier alpha value is -1.38. The first-order valence-corrected chi connectivity index (χ1v) is 4.50. The van der Waals surface area contributed by atoms with Crippen molar-refractivity contribution in [2.75, 3.05) is 0 Å². The van der Waals surface area contributed by atoms with Crippen LogP contribution < -0.4 is 5.73 Å². The highest BCUT2D eigenvalue weighted by Crippen LogP contribution is 2.18. The standard InChI is InChI=1S/C11H15FN2/c1-11(2,3)10(13)14-9-6-4-8(12)5-7-9/h4-7H,1-3H3,(H2,13,14). The van der Waals surface area contributed by atoms with Crippen LogP contribution >= 0.6 is 0 Å². The molecule has 0 aliphatic heterocycles. The van der Waals surface area contributed by atoms with Crippen LogP contribution in [0.5, 0.6) is 0 Å². The van der Waals surface area contributed by atoms with E-state index < -0.39 is 0 Å². The molecule has 0 atom stereocenters. The highest BCUT2D eigenvalue weighted by molar-refractivity contribution is 5.87. The van der Waals surface area contributed by atoms with Gasteiger partial charge in [-0.05, 0) is 24.3 Å². The average Bonchev–Trinajstić information content (AvgIpc) is 2.07. The van der Waals surface area contributed by atoms with Crippen molar-refractivity contribution in [3.05, 3.63) is 30.1 Å². The fourth-order valence-corrected chi connectivity index (χ4v) is 0.822. The molecule has 0 spiro atoms. The third-order valence-corrected chi connectivity index (χ3v) is 1.84. The van der Waals surface area contributed by atoms with E-state index in [1.165, 1.54) is 12.1 Å². The minimum atomic E-state index is -0.265. The van der Waals surface area contributed by atoms with E-state index >= 15 is 0 Å². The molecule has 1 aromatic carbocycles. The molecule has 0 heterocycles. The molecule has 1 rings (SSSR count). The first-order valence-electron chi connectivity index (χ1n) is 4.50. The summed E-state index contributed by atoms with van der Waals surface area (Å²) in [6.07, 6.45) is 0. The van der Waals surface area contributed by atoms with Crippen molar-refractivity contribution in [1.29, 1.82) is 0 Å². The Labute approximate surface area is 83.7 Å². The van der Waals surface area contributed by atoms with Gasteiger partial charge in [-0.15, -0.1) is 0 Å². The fourth-order valence-electron chi connectivity index (χ4n) is 0.822. The summed E-state index contributed by atoms with van der Waals surface area (Å²) in [5, 5.41) is 0. The topological polar surface area (TPSA) is 38.4 Å². The van der Waals surface area contributed by atoms with Crippen molar-refractivity contribution in [2.24, 2.45) is 16.1 Å². The Morgan fingerprint density at radius 2 is 1.71 bits per heavy atom. The van der Waals surface area contributed by atoms with Gasteiger partial charge in [0.25, 0.3) is 0 Å². The van der Waals surface area contributed by atoms with E-state index in [1.807, 2.05) is 20.8 Å². The van der Waals surface area contributed by atoms with Gasteiger partial charge in [0.1, 0.15) is 11.7 Å². The minimum Gasteiger partial charge on any atom is -0.387 e. The van der Waals surface area contributed by atoms with Crippen LogP contribution in [0.2, 0.25) is 0 Å². The molecule has 76 valence electrons. The third-order valence-electron chi connectivity index (χ3n) is 1.84. The summed E-state index contributed by atoms with van der Waals surface area (Å²) >= 11 is 0. The number of benzene rings is 1.